The Kier molecular flexibility index (Phi) is 7.11. The second kappa shape index (κ2) is 9.75. The predicted molar refractivity (Wildman–Crippen MR) is 115 cm³/mol. The average molecular weight is 360 g/mol. The topological polar surface area (TPSA) is 23.8 Å². The number of rotatable bonds is 7. The Labute approximate surface area is 165 Å². The summed E-state index contributed by atoms with van der Waals surface area (Å²) in [7, 11) is 0. The minimum Gasteiger partial charge on any atom is -0.192 e. The first-order valence-corrected chi connectivity index (χ1v) is 10.9. The van der Waals surface area contributed by atoms with Crippen molar-refractivity contribution in [2.24, 2.45) is 5.92 Å². The number of benzene rings is 2. The van der Waals surface area contributed by atoms with Gasteiger partial charge in [0.2, 0.25) is 0 Å². The third kappa shape index (κ3) is 5.01. The van der Waals surface area contributed by atoms with E-state index in [4.69, 9.17) is 0 Å². The molecule has 1 nitrogen and oxygen atoms in total. The van der Waals surface area contributed by atoms with Crippen LogP contribution in [-0.4, -0.2) is 0 Å². The molecule has 1 aliphatic carbocycles. The smallest absolute Gasteiger partial charge is 0.0994 e. The van der Waals surface area contributed by atoms with Crippen LogP contribution < -0.4 is 0 Å². The van der Waals surface area contributed by atoms with E-state index in [9.17, 15) is 5.26 Å². The zero-order valence-electron chi connectivity index (χ0n) is 17.0. The van der Waals surface area contributed by atoms with E-state index in [1.54, 1.807) is 0 Å². The van der Waals surface area contributed by atoms with Gasteiger partial charge < -0.3 is 0 Å². The number of nitrogens with zero attached hydrogens (tertiary/aromatic N) is 1. The van der Waals surface area contributed by atoms with Gasteiger partial charge in [0.15, 0.2) is 0 Å². The van der Waals surface area contributed by atoms with Crippen LogP contribution in [0.2, 0.25) is 0 Å². The van der Waals surface area contributed by atoms with Gasteiger partial charge in [-0.2, -0.15) is 5.26 Å². The highest BCUT2D eigenvalue weighted by molar-refractivity contribution is 5.66. The Morgan fingerprint density at radius 2 is 1.59 bits per heavy atom. The van der Waals surface area contributed by atoms with Crippen LogP contribution in [-0.2, 0) is 6.42 Å². The van der Waals surface area contributed by atoms with Gasteiger partial charge in [-0.15, -0.1) is 0 Å². The van der Waals surface area contributed by atoms with E-state index in [0.29, 0.717) is 0 Å². The van der Waals surface area contributed by atoms with E-state index in [1.165, 1.54) is 61.6 Å². The first kappa shape index (κ1) is 19.7. The molecule has 0 saturated heterocycles. The summed E-state index contributed by atoms with van der Waals surface area (Å²) in [5.74, 6) is 1.70. The molecule has 1 aliphatic rings. The fourth-order valence-corrected chi connectivity index (χ4v) is 4.57. The summed E-state index contributed by atoms with van der Waals surface area (Å²) in [6.45, 7) is 4.45. The van der Waals surface area contributed by atoms with Gasteiger partial charge in [-0.25, -0.2) is 0 Å². The number of hydrogen-bond donors (Lipinski definition) is 0. The fourth-order valence-electron chi connectivity index (χ4n) is 4.57. The van der Waals surface area contributed by atoms with E-state index < -0.39 is 0 Å². The molecule has 27 heavy (non-hydrogen) atoms. The summed E-state index contributed by atoms with van der Waals surface area (Å²) < 4.78 is 0. The molecule has 0 aliphatic heterocycles. The highest BCUT2D eigenvalue weighted by Crippen LogP contribution is 2.38. The second-order valence-electron chi connectivity index (χ2n) is 8.22. The summed E-state index contributed by atoms with van der Waals surface area (Å²) in [6, 6.07) is 17.8. The molecular formula is C26H33N. The quantitative estimate of drug-likeness (QED) is 0.498. The lowest BCUT2D eigenvalue weighted by Crippen LogP contribution is -2.13. The van der Waals surface area contributed by atoms with Gasteiger partial charge in [-0.05, 0) is 72.3 Å². The van der Waals surface area contributed by atoms with Crippen LogP contribution in [0.25, 0.3) is 11.1 Å². The monoisotopic (exact) mass is 359 g/mol. The number of nitriles is 1. The highest BCUT2D eigenvalue weighted by Gasteiger charge is 2.21. The zero-order valence-corrected chi connectivity index (χ0v) is 17.0. The van der Waals surface area contributed by atoms with Crippen LogP contribution in [0, 0.1) is 17.2 Å². The molecule has 1 fully saturated rings. The lowest BCUT2D eigenvalue weighted by Gasteiger charge is -2.29. The molecule has 0 heterocycles. The molecule has 0 unspecified atom stereocenters. The zero-order chi connectivity index (χ0) is 19.1. The summed E-state index contributed by atoms with van der Waals surface area (Å²) in [4.78, 5) is 0. The van der Waals surface area contributed by atoms with Crippen LogP contribution in [0.4, 0.5) is 0 Å². The van der Waals surface area contributed by atoms with Crippen molar-refractivity contribution < 1.29 is 0 Å². The van der Waals surface area contributed by atoms with Crippen molar-refractivity contribution in [2.75, 3.05) is 0 Å². The molecule has 2 aromatic carbocycles. The molecule has 0 aromatic heterocycles. The maximum absolute atomic E-state index is 9.46. The Balaban J connectivity index is 1.67. The van der Waals surface area contributed by atoms with Crippen LogP contribution in [0.15, 0.2) is 42.5 Å². The third-order valence-corrected chi connectivity index (χ3v) is 6.28. The lowest BCUT2D eigenvalue weighted by atomic mass is 9.77. The summed E-state index contributed by atoms with van der Waals surface area (Å²) in [6.07, 6.45) is 11.7. The van der Waals surface area contributed by atoms with Crippen LogP contribution in [0.1, 0.15) is 87.8 Å². The van der Waals surface area contributed by atoms with E-state index in [0.717, 1.165) is 35.8 Å². The average Bonchev–Trinajstić information content (AvgIpc) is 2.73. The largest absolute Gasteiger partial charge is 0.192 e. The van der Waals surface area contributed by atoms with E-state index >= 15 is 0 Å². The van der Waals surface area contributed by atoms with Crippen molar-refractivity contribution in [3.8, 4) is 17.2 Å². The van der Waals surface area contributed by atoms with Gasteiger partial charge in [0.25, 0.3) is 0 Å². The second-order valence-corrected chi connectivity index (χ2v) is 8.22. The first-order chi connectivity index (χ1) is 13.2. The molecule has 1 saturated carbocycles. The normalized spacial score (nSPS) is 19.6. The van der Waals surface area contributed by atoms with Gasteiger partial charge in [0.05, 0.1) is 11.6 Å². The molecule has 0 N–H and O–H groups in total. The Bertz CT molecular complexity index is 758. The molecule has 0 radical (unpaired) electrons. The third-order valence-electron chi connectivity index (χ3n) is 6.28. The molecule has 1 heteroatoms. The predicted octanol–water partition coefficient (Wildman–Crippen LogP) is 7.64. The molecule has 0 amide bonds. The SMILES string of the molecule is CCCCC1CCC(c2ccc(-c3ccc(CCC)c(C#N)c3)cc2)CC1. The Morgan fingerprint density at radius 1 is 0.889 bits per heavy atom. The standard InChI is InChI=1S/C26H33N/c1-3-5-7-20-8-10-22(11-9-20)23-12-14-24(15-13-23)25-17-16-21(6-4-2)26(18-25)19-27/h12-18,20,22H,3-11H2,1-2H3. The van der Waals surface area contributed by atoms with Gasteiger partial charge in [0.1, 0.15) is 0 Å². The van der Waals surface area contributed by atoms with Crippen molar-refractivity contribution in [3.63, 3.8) is 0 Å². The van der Waals surface area contributed by atoms with Crippen molar-refractivity contribution >= 4 is 0 Å². The van der Waals surface area contributed by atoms with E-state index in [1.807, 2.05) is 0 Å². The van der Waals surface area contributed by atoms with Gasteiger partial charge >= 0.3 is 0 Å². The Hall–Kier alpha value is -2.07. The maximum Gasteiger partial charge on any atom is 0.0994 e. The summed E-state index contributed by atoms with van der Waals surface area (Å²) in [5.41, 5.74) is 5.86. The Morgan fingerprint density at radius 3 is 2.22 bits per heavy atom. The number of unbranched alkanes of at least 4 members (excludes halogenated alkanes) is 1. The first-order valence-electron chi connectivity index (χ1n) is 10.9. The van der Waals surface area contributed by atoms with Crippen molar-refractivity contribution in [3.05, 3.63) is 59.2 Å². The van der Waals surface area contributed by atoms with Crippen LogP contribution >= 0.6 is 0 Å². The van der Waals surface area contributed by atoms with Gasteiger partial charge in [-0.1, -0.05) is 75.9 Å². The molecule has 0 spiro atoms. The minimum absolute atomic E-state index is 0.735. The molecule has 2 aromatic rings. The van der Waals surface area contributed by atoms with E-state index in [2.05, 4.69) is 62.4 Å². The van der Waals surface area contributed by atoms with Crippen molar-refractivity contribution in [2.45, 2.75) is 77.6 Å². The lowest BCUT2D eigenvalue weighted by molar-refractivity contribution is 0.304. The van der Waals surface area contributed by atoms with Crippen molar-refractivity contribution in [1.82, 2.24) is 0 Å². The van der Waals surface area contributed by atoms with Gasteiger partial charge in [0, 0.05) is 0 Å². The number of hydrogen-bond acceptors (Lipinski definition) is 1. The van der Waals surface area contributed by atoms with E-state index in [-0.39, 0.29) is 0 Å². The molecule has 3 rings (SSSR count). The molecule has 142 valence electrons. The summed E-state index contributed by atoms with van der Waals surface area (Å²) >= 11 is 0. The molecular weight excluding hydrogens is 326 g/mol. The van der Waals surface area contributed by atoms with Crippen molar-refractivity contribution in [1.29, 1.82) is 5.26 Å². The molecule has 0 atom stereocenters. The van der Waals surface area contributed by atoms with Gasteiger partial charge in [-0.3, -0.25) is 0 Å². The highest BCUT2D eigenvalue weighted by atomic mass is 14.3. The molecule has 0 bridgehead atoms. The minimum atomic E-state index is 0.735. The maximum atomic E-state index is 9.46. The number of aryl methyl sites for hydroxylation is 1. The van der Waals surface area contributed by atoms with Crippen LogP contribution in [0.3, 0.4) is 0 Å². The fraction of sp³-hybridized carbons (Fsp3) is 0.500. The summed E-state index contributed by atoms with van der Waals surface area (Å²) in [5, 5.41) is 9.46. The van der Waals surface area contributed by atoms with Crippen LogP contribution in [0.5, 0.6) is 0 Å².